The van der Waals surface area contributed by atoms with E-state index in [1.807, 2.05) is 13.1 Å². The van der Waals surface area contributed by atoms with Crippen LogP contribution in [0, 0.1) is 5.92 Å². The topological polar surface area (TPSA) is 46.3 Å². The first kappa shape index (κ1) is 14.2. The minimum Gasteiger partial charge on any atom is -0.344 e. The second kappa shape index (κ2) is 6.20. The highest BCUT2D eigenvalue weighted by Gasteiger charge is 2.39. The van der Waals surface area contributed by atoms with Crippen LogP contribution in [-0.2, 0) is 4.79 Å². The molecule has 2 atom stereocenters. The number of carbonyl (C=O) groups excluding carboxylic acids is 1. The second-order valence-corrected chi connectivity index (χ2v) is 5.52. The molecule has 0 aromatic rings. The molecule has 0 saturated heterocycles. The molecule has 2 unspecified atom stereocenters. The Morgan fingerprint density at radius 3 is 2.94 bits per heavy atom. The van der Waals surface area contributed by atoms with Gasteiger partial charge in [0.15, 0.2) is 0 Å². The summed E-state index contributed by atoms with van der Waals surface area (Å²) in [4.78, 5) is 14.1. The summed E-state index contributed by atoms with van der Waals surface area (Å²) < 4.78 is 0. The zero-order valence-corrected chi connectivity index (χ0v) is 11.2. The van der Waals surface area contributed by atoms with Gasteiger partial charge in [0, 0.05) is 13.6 Å². The summed E-state index contributed by atoms with van der Waals surface area (Å²) in [6.07, 6.45) is 7.75. The van der Waals surface area contributed by atoms with Gasteiger partial charge in [-0.15, -0.1) is 6.58 Å². The number of unbranched alkanes of at least 4 members (excludes halogenated alkanes) is 1. The molecule has 1 aliphatic carbocycles. The Bertz CT molecular complexity index is 277. The third-order valence-corrected chi connectivity index (χ3v) is 3.71. The van der Waals surface area contributed by atoms with E-state index in [2.05, 4.69) is 13.5 Å². The molecule has 3 nitrogen and oxygen atoms in total. The van der Waals surface area contributed by atoms with Crippen LogP contribution in [0.25, 0.3) is 0 Å². The van der Waals surface area contributed by atoms with Gasteiger partial charge in [0.1, 0.15) is 0 Å². The molecular formula is C14H26N2O. The molecular weight excluding hydrogens is 212 g/mol. The van der Waals surface area contributed by atoms with Crippen LogP contribution in [0.3, 0.4) is 0 Å². The Morgan fingerprint density at radius 1 is 1.65 bits per heavy atom. The lowest BCUT2D eigenvalue weighted by molar-refractivity contribution is -0.137. The third kappa shape index (κ3) is 3.84. The van der Waals surface area contributed by atoms with E-state index >= 15 is 0 Å². The molecule has 0 heterocycles. The standard InChI is InChI=1S/C14H26N2O/c1-4-5-6-10-16(3)13(17)14(15)9-7-8-12(2)11-14/h4,12H,1,5-11,15H2,2-3H3. The predicted octanol–water partition coefficient (Wildman–Crippen LogP) is 2.32. The normalized spacial score (nSPS) is 28.8. The number of hydrogen-bond acceptors (Lipinski definition) is 2. The number of carbonyl (C=O) groups is 1. The number of amides is 1. The van der Waals surface area contributed by atoms with Crippen LogP contribution in [0.1, 0.15) is 45.4 Å². The van der Waals surface area contributed by atoms with Gasteiger partial charge < -0.3 is 10.6 Å². The Hall–Kier alpha value is -0.830. The highest BCUT2D eigenvalue weighted by molar-refractivity contribution is 5.86. The minimum atomic E-state index is -0.611. The van der Waals surface area contributed by atoms with Crippen molar-refractivity contribution >= 4 is 5.91 Å². The lowest BCUT2D eigenvalue weighted by atomic mass is 9.76. The fourth-order valence-corrected chi connectivity index (χ4v) is 2.74. The molecule has 98 valence electrons. The smallest absolute Gasteiger partial charge is 0.242 e. The van der Waals surface area contributed by atoms with E-state index in [-0.39, 0.29) is 5.91 Å². The monoisotopic (exact) mass is 238 g/mol. The lowest BCUT2D eigenvalue weighted by Crippen LogP contribution is -2.56. The first-order valence-electron chi connectivity index (χ1n) is 6.65. The Morgan fingerprint density at radius 2 is 2.35 bits per heavy atom. The van der Waals surface area contributed by atoms with E-state index < -0.39 is 5.54 Å². The Kier molecular flexibility index (Phi) is 5.19. The van der Waals surface area contributed by atoms with Gasteiger partial charge in [0.25, 0.3) is 0 Å². The number of rotatable bonds is 5. The van der Waals surface area contributed by atoms with E-state index in [4.69, 9.17) is 5.73 Å². The summed E-state index contributed by atoms with van der Waals surface area (Å²) in [5, 5.41) is 0. The number of likely N-dealkylation sites (N-methyl/N-ethyl adjacent to an activating group) is 1. The first-order valence-corrected chi connectivity index (χ1v) is 6.65. The molecule has 2 N–H and O–H groups in total. The quantitative estimate of drug-likeness (QED) is 0.590. The van der Waals surface area contributed by atoms with Crippen LogP contribution in [-0.4, -0.2) is 29.9 Å². The third-order valence-electron chi connectivity index (χ3n) is 3.71. The number of nitrogens with zero attached hydrogens (tertiary/aromatic N) is 1. The highest BCUT2D eigenvalue weighted by Crippen LogP contribution is 2.31. The van der Waals surface area contributed by atoms with Crippen molar-refractivity contribution in [3.63, 3.8) is 0 Å². The molecule has 17 heavy (non-hydrogen) atoms. The molecule has 1 fully saturated rings. The predicted molar refractivity (Wildman–Crippen MR) is 71.6 cm³/mol. The maximum absolute atomic E-state index is 12.3. The van der Waals surface area contributed by atoms with Crippen LogP contribution in [0.4, 0.5) is 0 Å². The van der Waals surface area contributed by atoms with Gasteiger partial charge in [-0.1, -0.05) is 25.8 Å². The van der Waals surface area contributed by atoms with Gasteiger partial charge in [-0.2, -0.15) is 0 Å². The molecule has 1 rings (SSSR count). The van der Waals surface area contributed by atoms with E-state index in [0.29, 0.717) is 5.92 Å². The molecule has 0 aromatic heterocycles. The summed E-state index contributed by atoms with van der Waals surface area (Å²) in [6.45, 7) is 6.65. The van der Waals surface area contributed by atoms with Crippen molar-refractivity contribution in [3.8, 4) is 0 Å². The largest absolute Gasteiger partial charge is 0.344 e. The van der Waals surface area contributed by atoms with E-state index in [9.17, 15) is 4.79 Å². The highest BCUT2D eigenvalue weighted by atomic mass is 16.2. The molecule has 0 aliphatic heterocycles. The van der Waals surface area contributed by atoms with E-state index in [1.165, 1.54) is 6.42 Å². The zero-order chi connectivity index (χ0) is 12.9. The fraction of sp³-hybridized carbons (Fsp3) is 0.786. The van der Waals surface area contributed by atoms with Gasteiger partial charge in [-0.05, 0) is 31.6 Å². The van der Waals surface area contributed by atoms with Gasteiger partial charge in [0.05, 0.1) is 5.54 Å². The fourth-order valence-electron chi connectivity index (χ4n) is 2.74. The maximum Gasteiger partial charge on any atom is 0.242 e. The summed E-state index contributed by atoms with van der Waals surface area (Å²) in [7, 11) is 1.86. The summed E-state index contributed by atoms with van der Waals surface area (Å²) in [5.41, 5.74) is 5.68. The molecule has 1 amide bonds. The number of nitrogens with two attached hydrogens (primary N) is 1. The van der Waals surface area contributed by atoms with Crippen molar-refractivity contribution in [2.24, 2.45) is 11.7 Å². The van der Waals surface area contributed by atoms with Crippen molar-refractivity contribution in [1.82, 2.24) is 4.90 Å². The number of allylic oxidation sites excluding steroid dienone is 1. The van der Waals surface area contributed by atoms with E-state index in [0.717, 1.165) is 38.6 Å². The Labute approximate surface area is 105 Å². The zero-order valence-electron chi connectivity index (χ0n) is 11.2. The van der Waals surface area contributed by atoms with Crippen LogP contribution in [0.2, 0.25) is 0 Å². The van der Waals surface area contributed by atoms with Gasteiger partial charge >= 0.3 is 0 Å². The van der Waals surface area contributed by atoms with Crippen molar-refractivity contribution < 1.29 is 4.79 Å². The maximum atomic E-state index is 12.3. The van der Waals surface area contributed by atoms with Gasteiger partial charge in [0.2, 0.25) is 5.91 Å². The van der Waals surface area contributed by atoms with Crippen LogP contribution < -0.4 is 5.73 Å². The van der Waals surface area contributed by atoms with Crippen LogP contribution >= 0.6 is 0 Å². The van der Waals surface area contributed by atoms with Crippen molar-refractivity contribution in [2.75, 3.05) is 13.6 Å². The molecule has 0 spiro atoms. The van der Waals surface area contributed by atoms with Crippen molar-refractivity contribution in [1.29, 1.82) is 0 Å². The average molecular weight is 238 g/mol. The molecule has 1 aliphatic rings. The summed E-state index contributed by atoms with van der Waals surface area (Å²) >= 11 is 0. The molecule has 0 bridgehead atoms. The van der Waals surface area contributed by atoms with E-state index in [1.54, 1.807) is 4.90 Å². The van der Waals surface area contributed by atoms with Crippen LogP contribution in [0.5, 0.6) is 0 Å². The SMILES string of the molecule is C=CCCCN(C)C(=O)C1(N)CCCC(C)C1. The minimum absolute atomic E-state index is 0.119. The lowest BCUT2D eigenvalue weighted by Gasteiger charge is -2.38. The molecule has 0 aromatic carbocycles. The molecule has 1 saturated carbocycles. The summed E-state index contributed by atoms with van der Waals surface area (Å²) in [5.74, 6) is 0.687. The van der Waals surface area contributed by atoms with Crippen molar-refractivity contribution in [2.45, 2.75) is 51.0 Å². The number of hydrogen-bond donors (Lipinski definition) is 1. The molecule has 0 radical (unpaired) electrons. The molecule has 3 heteroatoms. The Balaban J connectivity index is 2.51. The average Bonchev–Trinajstić information content (AvgIpc) is 2.28. The summed E-state index contributed by atoms with van der Waals surface area (Å²) in [6, 6.07) is 0. The second-order valence-electron chi connectivity index (χ2n) is 5.52. The van der Waals surface area contributed by atoms with Gasteiger partial charge in [-0.25, -0.2) is 0 Å². The first-order chi connectivity index (χ1) is 7.99. The van der Waals surface area contributed by atoms with Crippen LogP contribution in [0.15, 0.2) is 12.7 Å². The van der Waals surface area contributed by atoms with Crippen molar-refractivity contribution in [3.05, 3.63) is 12.7 Å². The van der Waals surface area contributed by atoms with Gasteiger partial charge in [-0.3, -0.25) is 4.79 Å².